The van der Waals surface area contributed by atoms with Crippen LogP contribution >= 0.6 is 0 Å². The molecule has 1 aromatic carbocycles. The number of rotatable bonds is 1. The lowest BCUT2D eigenvalue weighted by Crippen LogP contribution is -2.25. The van der Waals surface area contributed by atoms with E-state index in [1.807, 2.05) is 12.1 Å². The normalized spacial score (nSPS) is 15.5. The van der Waals surface area contributed by atoms with E-state index in [-0.39, 0.29) is 0 Å². The number of hydrazine groups is 1. The number of aryl methyl sites for hydroxylation is 1. The van der Waals surface area contributed by atoms with Crippen LogP contribution in [0.25, 0.3) is 5.70 Å². The van der Waals surface area contributed by atoms with Crippen LogP contribution in [0.1, 0.15) is 11.1 Å². The molecule has 1 aromatic rings. The second-order valence-corrected chi connectivity index (χ2v) is 3.14. The van der Waals surface area contributed by atoms with Gasteiger partial charge in [-0.15, -0.1) is 0 Å². The Labute approximate surface area is 77.5 Å². The van der Waals surface area contributed by atoms with E-state index in [9.17, 15) is 0 Å². The molecule has 0 saturated heterocycles. The minimum absolute atomic E-state index is 1.04. The standard InChI is InChI=1S/C10H12N2O/c1-8-3-5-9(6-4-8)10-7-13-11-12(10)2/h3-7,11H,1-2H3. The minimum atomic E-state index is 1.04. The van der Waals surface area contributed by atoms with Gasteiger partial charge in [0.05, 0.1) is 5.70 Å². The molecule has 0 aliphatic carbocycles. The van der Waals surface area contributed by atoms with E-state index in [0.717, 1.165) is 11.3 Å². The van der Waals surface area contributed by atoms with Gasteiger partial charge in [0.2, 0.25) is 0 Å². The molecule has 0 amide bonds. The van der Waals surface area contributed by atoms with Crippen molar-refractivity contribution in [1.82, 2.24) is 10.6 Å². The van der Waals surface area contributed by atoms with E-state index < -0.39 is 0 Å². The Morgan fingerprint density at radius 2 is 1.92 bits per heavy atom. The van der Waals surface area contributed by atoms with Crippen LogP contribution < -0.4 is 5.59 Å². The number of benzene rings is 1. The Bertz CT molecular complexity index is 329. The highest BCUT2D eigenvalue weighted by Gasteiger charge is 2.12. The molecule has 1 N–H and O–H groups in total. The SMILES string of the molecule is Cc1ccc(C2=CONN2C)cc1. The molecule has 1 heterocycles. The molecule has 2 rings (SSSR count). The van der Waals surface area contributed by atoms with Gasteiger partial charge in [0.1, 0.15) is 6.26 Å². The van der Waals surface area contributed by atoms with E-state index in [4.69, 9.17) is 4.84 Å². The maximum absolute atomic E-state index is 4.97. The average molecular weight is 176 g/mol. The van der Waals surface area contributed by atoms with Crippen LogP contribution in [-0.4, -0.2) is 12.1 Å². The lowest BCUT2D eigenvalue weighted by Gasteiger charge is -2.12. The summed E-state index contributed by atoms with van der Waals surface area (Å²) in [6, 6.07) is 8.33. The zero-order chi connectivity index (χ0) is 9.26. The van der Waals surface area contributed by atoms with Crippen LogP contribution in [0.15, 0.2) is 30.5 Å². The van der Waals surface area contributed by atoms with E-state index in [1.165, 1.54) is 5.56 Å². The smallest absolute Gasteiger partial charge is 0.139 e. The van der Waals surface area contributed by atoms with E-state index in [0.29, 0.717) is 0 Å². The van der Waals surface area contributed by atoms with Crippen molar-refractivity contribution in [1.29, 1.82) is 0 Å². The molecule has 0 aromatic heterocycles. The van der Waals surface area contributed by atoms with Gasteiger partial charge in [-0.3, -0.25) is 5.01 Å². The Morgan fingerprint density at radius 1 is 1.23 bits per heavy atom. The molecule has 0 fully saturated rings. The van der Waals surface area contributed by atoms with E-state index >= 15 is 0 Å². The van der Waals surface area contributed by atoms with Crippen LogP contribution in [0.5, 0.6) is 0 Å². The summed E-state index contributed by atoms with van der Waals surface area (Å²) in [4.78, 5) is 4.97. The fourth-order valence-corrected chi connectivity index (χ4v) is 1.28. The number of nitrogens with zero attached hydrogens (tertiary/aromatic N) is 1. The predicted molar refractivity (Wildman–Crippen MR) is 51.1 cm³/mol. The first-order valence-corrected chi connectivity index (χ1v) is 4.19. The van der Waals surface area contributed by atoms with Gasteiger partial charge < -0.3 is 4.84 Å². The van der Waals surface area contributed by atoms with Gasteiger partial charge in [-0.2, -0.15) is 0 Å². The summed E-state index contributed by atoms with van der Waals surface area (Å²) in [6.07, 6.45) is 1.70. The number of hydrogen-bond donors (Lipinski definition) is 1. The van der Waals surface area contributed by atoms with Crippen molar-refractivity contribution >= 4 is 5.70 Å². The number of nitrogens with one attached hydrogen (secondary N) is 1. The first-order valence-electron chi connectivity index (χ1n) is 4.19. The summed E-state index contributed by atoms with van der Waals surface area (Å²) in [5.74, 6) is 0. The number of hydrogen-bond acceptors (Lipinski definition) is 3. The molecule has 1 aliphatic rings. The Hall–Kier alpha value is -1.48. The van der Waals surface area contributed by atoms with Gasteiger partial charge in [-0.1, -0.05) is 35.4 Å². The monoisotopic (exact) mass is 176 g/mol. The van der Waals surface area contributed by atoms with Gasteiger partial charge in [0.25, 0.3) is 0 Å². The van der Waals surface area contributed by atoms with Gasteiger partial charge in [-0.05, 0) is 6.92 Å². The maximum Gasteiger partial charge on any atom is 0.139 e. The lowest BCUT2D eigenvalue weighted by molar-refractivity contribution is 0.0553. The maximum atomic E-state index is 4.97. The zero-order valence-electron chi connectivity index (χ0n) is 7.74. The average Bonchev–Trinajstić information content (AvgIpc) is 2.53. The van der Waals surface area contributed by atoms with Gasteiger partial charge in [0, 0.05) is 12.6 Å². The second kappa shape index (κ2) is 3.11. The fourth-order valence-electron chi connectivity index (χ4n) is 1.28. The van der Waals surface area contributed by atoms with Gasteiger partial charge in [0.15, 0.2) is 0 Å². The van der Waals surface area contributed by atoms with Crippen LogP contribution in [0.4, 0.5) is 0 Å². The highest BCUT2D eigenvalue weighted by atomic mass is 16.7. The molecule has 0 unspecified atom stereocenters. The summed E-state index contributed by atoms with van der Waals surface area (Å²) in [5, 5.41) is 1.84. The van der Waals surface area contributed by atoms with E-state index in [1.54, 1.807) is 6.26 Å². The van der Waals surface area contributed by atoms with Gasteiger partial charge in [-0.25, -0.2) is 0 Å². The second-order valence-electron chi connectivity index (χ2n) is 3.14. The first kappa shape index (κ1) is 8.13. The topological polar surface area (TPSA) is 24.5 Å². The van der Waals surface area contributed by atoms with Gasteiger partial charge >= 0.3 is 0 Å². The van der Waals surface area contributed by atoms with Crippen LogP contribution in [0.2, 0.25) is 0 Å². The molecular formula is C10H12N2O. The molecule has 3 nitrogen and oxygen atoms in total. The molecule has 0 saturated carbocycles. The zero-order valence-corrected chi connectivity index (χ0v) is 7.74. The fraction of sp³-hybridized carbons (Fsp3) is 0.200. The van der Waals surface area contributed by atoms with Crippen molar-refractivity contribution in [3.63, 3.8) is 0 Å². The van der Waals surface area contributed by atoms with Crippen molar-refractivity contribution in [3.8, 4) is 0 Å². The van der Waals surface area contributed by atoms with Crippen LogP contribution in [0, 0.1) is 6.92 Å². The molecule has 0 bridgehead atoms. The highest BCUT2D eigenvalue weighted by Crippen LogP contribution is 2.19. The Kier molecular flexibility index (Phi) is 1.94. The van der Waals surface area contributed by atoms with Crippen molar-refractivity contribution in [2.75, 3.05) is 7.05 Å². The van der Waals surface area contributed by atoms with Crippen molar-refractivity contribution in [3.05, 3.63) is 41.7 Å². The summed E-state index contributed by atoms with van der Waals surface area (Å²) < 4.78 is 0. The summed E-state index contributed by atoms with van der Waals surface area (Å²) in [5.41, 5.74) is 6.18. The molecule has 3 heteroatoms. The van der Waals surface area contributed by atoms with Crippen molar-refractivity contribution in [2.24, 2.45) is 0 Å². The molecule has 0 radical (unpaired) electrons. The summed E-state index contributed by atoms with van der Waals surface area (Å²) in [6.45, 7) is 2.07. The van der Waals surface area contributed by atoms with Crippen LogP contribution in [0.3, 0.4) is 0 Å². The highest BCUT2D eigenvalue weighted by molar-refractivity contribution is 5.63. The minimum Gasteiger partial charge on any atom is -0.395 e. The predicted octanol–water partition coefficient (Wildman–Crippen LogP) is 1.68. The third kappa shape index (κ3) is 1.51. The Balaban J connectivity index is 2.30. The van der Waals surface area contributed by atoms with Crippen molar-refractivity contribution < 1.29 is 4.84 Å². The molecule has 0 atom stereocenters. The lowest BCUT2D eigenvalue weighted by atomic mass is 10.1. The molecular weight excluding hydrogens is 164 g/mol. The van der Waals surface area contributed by atoms with Crippen molar-refractivity contribution in [2.45, 2.75) is 6.92 Å². The summed E-state index contributed by atoms with van der Waals surface area (Å²) >= 11 is 0. The quantitative estimate of drug-likeness (QED) is 0.704. The van der Waals surface area contributed by atoms with Crippen LogP contribution in [-0.2, 0) is 4.84 Å². The molecule has 68 valence electrons. The molecule has 13 heavy (non-hydrogen) atoms. The van der Waals surface area contributed by atoms with E-state index in [2.05, 4.69) is 36.8 Å². The third-order valence-corrected chi connectivity index (χ3v) is 2.07. The Morgan fingerprint density at radius 3 is 2.46 bits per heavy atom. The third-order valence-electron chi connectivity index (χ3n) is 2.07. The first-order chi connectivity index (χ1) is 6.27. The molecule has 0 spiro atoms. The largest absolute Gasteiger partial charge is 0.395 e. The summed E-state index contributed by atoms with van der Waals surface area (Å²) in [7, 11) is 1.92. The molecule has 1 aliphatic heterocycles.